The predicted octanol–water partition coefficient (Wildman–Crippen LogP) is 5.55. The first-order valence-corrected chi connectivity index (χ1v) is 10.5. The minimum atomic E-state index is -1.19. The van der Waals surface area contributed by atoms with Gasteiger partial charge in [0.25, 0.3) is 0 Å². The number of carbonyl (C=O) groups excluding carboxylic acids is 1. The van der Waals surface area contributed by atoms with Crippen molar-refractivity contribution in [1.82, 2.24) is 0 Å². The van der Waals surface area contributed by atoms with Crippen LogP contribution >= 0.6 is 0 Å². The number of cyclic esters (lactones) is 1. The molecule has 0 saturated carbocycles. The molecular weight excluding hydrogens is 340 g/mol. The van der Waals surface area contributed by atoms with Gasteiger partial charge in [-0.2, -0.15) is 0 Å². The second-order valence-electron chi connectivity index (χ2n) is 7.32. The monoisotopic (exact) mass is 374 g/mol. The quantitative estimate of drug-likeness (QED) is 0.343. The van der Waals surface area contributed by atoms with E-state index in [1.165, 1.54) is 57.4 Å². The van der Waals surface area contributed by atoms with E-state index in [9.17, 15) is 9.90 Å². The van der Waals surface area contributed by atoms with Crippen LogP contribution in [0.3, 0.4) is 0 Å². The molecule has 1 heterocycles. The number of carbonyl (C=O) groups is 1. The third kappa shape index (κ3) is 8.17. The van der Waals surface area contributed by atoms with E-state index < -0.39 is 12.3 Å². The predicted molar refractivity (Wildman–Crippen MR) is 108 cm³/mol. The normalized spacial score (nSPS) is 17.5. The van der Waals surface area contributed by atoms with E-state index in [4.69, 9.17) is 9.47 Å². The van der Waals surface area contributed by atoms with Crippen molar-refractivity contribution in [2.24, 2.45) is 0 Å². The fraction of sp³-hybridized carbons (Fsp3) is 0.609. The summed E-state index contributed by atoms with van der Waals surface area (Å²) in [6.07, 6.45) is 13.3. The summed E-state index contributed by atoms with van der Waals surface area (Å²) in [7, 11) is 0. The molecule has 1 aliphatic rings. The summed E-state index contributed by atoms with van der Waals surface area (Å²) >= 11 is 0. The number of aliphatic hydroxyl groups excluding tert-OH is 1. The summed E-state index contributed by atoms with van der Waals surface area (Å²) in [4.78, 5) is 11.4. The molecule has 0 aromatic heterocycles. The lowest BCUT2D eigenvalue weighted by Crippen LogP contribution is -2.26. The molecule has 1 aromatic carbocycles. The Labute approximate surface area is 163 Å². The zero-order valence-corrected chi connectivity index (χ0v) is 16.6. The van der Waals surface area contributed by atoms with Gasteiger partial charge in [0, 0.05) is 11.6 Å². The second-order valence-corrected chi connectivity index (χ2v) is 7.32. The van der Waals surface area contributed by atoms with Crippen molar-refractivity contribution >= 4 is 5.97 Å². The van der Waals surface area contributed by atoms with Crippen LogP contribution in [0.15, 0.2) is 42.0 Å². The number of aliphatic hydroxyl groups is 1. The van der Waals surface area contributed by atoms with E-state index in [0.717, 1.165) is 25.0 Å². The molecule has 0 bridgehead atoms. The highest BCUT2D eigenvalue weighted by atomic mass is 16.6. The maximum Gasteiger partial charge on any atom is 0.333 e. The molecule has 0 saturated heterocycles. The van der Waals surface area contributed by atoms with E-state index >= 15 is 0 Å². The Morgan fingerprint density at radius 3 is 2.11 bits per heavy atom. The van der Waals surface area contributed by atoms with Crippen LogP contribution in [-0.2, 0) is 9.53 Å². The lowest BCUT2D eigenvalue weighted by atomic mass is 10.0. The standard InChI is InChI=1S/C23H34O4/c1-2-3-4-5-6-7-8-9-10-14-17-21(20-18-22(24)27-23(20)25)26-19-15-12-11-13-16-19/h11-13,15-16,18,21,23,25H,2-10,14,17H2,1H3. The average Bonchev–Trinajstić information content (AvgIpc) is 3.01. The summed E-state index contributed by atoms with van der Waals surface area (Å²) in [6, 6.07) is 9.52. The van der Waals surface area contributed by atoms with E-state index in [-0.39, 0.29) is 6.10 Å². The fourth-order valence-electron chi connectivity index (χ4n) is 3.45. The van der Waals surface area contributed by atoms with Crippen LogP contribution < -0.4 is 4.74 Å². The molecule has 0 aliphatic carbocycles. The van der Waals surface area contributed by atoms with Gasteiger partial charge >= 0.3 is 5.97 Å². The number of ether oxygens (including phenoxy) is 2. The summed E-state index contributed by atoms with van der Waals surface area (Å²) in [5, 5.41) is 9.98. The van der Waals surface area contributed by atoms with E-state index in [0.29, 0.717) is 5.57 Å². The van der Waals surface area contributed by atoms with Crippen molar-refractivity contribution in [2.45, 2.75) is 89.9 Å². The van der Waals surface area contributed by atoms with Gasteiger partial charge in [0.05, 0.1) is 0 Å². The van der Waals surface area contributed by atoms with Crippen LogP contribution in [0.5, 0.6) is 5.75 Å². The highest BCUT2D eigenvalue weighted by Gasteiger charge is 2.31. The number of hydrogen-bond acceptors (Lipinski definition) is 4. The molecule has 0 radical (unpaired) electrons. The maximum absolute atomic E-state index is 11.4. The van der Waals surface area contributed by atoms with Gasteiger partial charge in [-0.1, -0.05) is 82.9 Å². The summed E-state index contributed by atoms with van der Waals surface area (Å²) in [5.74, 6) is 0.240. The molecule has 4 heteroatoms. The smallest absolute Gasteiger partial charge is 0.333 e. The lowest BCUT2D eigenvalue weighted by molar-refractivity contribution is -0.151. The lowest BCUT2D eigenvalue weighted by Gasteiger charge is -2.21. The third-order valence-corrected chi connectivity index (χ3v) is 5.01. The second kappa shape index (κ2) is 12.6. The average molecular weight is 375 g/mol. The first kappa shape index (κ1) is 21.5. The van der Waals surface area contributed by atoms with E-state index in [1.54, 1.807) is 0 Å². The molecule has 0 spiro atoms. The molecule has 4 nitrogen and oxygen atoms in total. The van der Waals surface area contributed by atoms with Gasteiger partial charge in [0.15, 0.2) is 0 Å². The zero-order chi connectivity index (χ0) is 19.3. The maximum atomic E-state index is 11.4. The molecule has 2 unspecified atom stereocenters. The number of benzene rings is 1. The summed E-state index contributed by atoms with van der Waals surface area (Å²) in [6.45, 7) is 2.25. The van der Waals surface area contributed by atoms with Crippen molar-refractivity contribution in [3.8, 4) is 5.75 Å². The molecule has 1 aromatic rings. The van der Waals surface area contributed by atoms with Gasteiger partial charge in [-0.15, -0.1) is 0 Å². The Morgan fingerprint density at radius 1 is 0.963 bits per heavy atom. The molecule has 150 valence electrons. The Hall–Kier alpha value is -1.81. The topological polar surface area (TPSA) is 55.8 Å². The Kier molecular flexibility index (Phi) is 9.99. The Balaban J connectivity index is 1.71. The molecule has 0 amide bonds. The van der Waals surface area contributed by atoms with Crippen LogP contribution in [-0.4, -0.2) is 23.5 Å². The molecule has 0 fully saturated rings. The largest absolute Gasteiger partial charge is 0.486 e. The van der Waals surface area contributed by atoms with Crippen LogP contribution in [0.1, 0.15) is 77.6 Å². The highest BCUT2D eigenvalue weighted by molar-refractivity contribution is 5.85. The molecule has 1 aliphatic heterocycles. The van der Waals surface area contributed by atoms with Gasteiger partial charge in [0.2, 0.25) is 6.29 Å². The van der Waals surface area contributed by atoms with Crippen molar-refractivity contribution < 1.29 is 19.4 Å². The van der Waals surface area contributed by atoms with E-state index in [2.05, 4.69) is 6.92 Å². The van der Waals surface area contributed by atoms with Gasteiger partial charge in [-0.05, 0) is 25.0 Å². The van der Waals surface area contributed by atoms with Crippen molar-refractivity contribution in [1.29, 1.82) is 0 Å². The Bertz CT molecular complexity index is 567. The van der Waals surface area contributed by atoms with Gasteiger partial charge in [-0.25, -0.2) is 4.79 Å². The SMILES string of the molecule is CCCCCCCCCCCCC(Oc1ccccc1)C1=CC(=O)OC1O. The molecule has 2 atom stereocenters. The number of esters is 1. The van der Waals surface area contributed by atoms with Crippen LogP contribution in [0.25, 0.3) is 0 Å². The van der Waals surface area contributed by atoms with Gasteiger partial charge in [0.1, 0.15) is 11.9 Å². The molecular formula is C23H34O4. The first-order valence-electron chi connectivity index (χ1n) is 10.5. The summed E-state index contributed by atoms with van der Waals surface area (Å²) < 4.78 is 10.9. The first-order chi connectivity index (χ1) is 13.2. The van der Waals surface area contributed by atoms with Gasteiger partial charge in [-0.3, -0.25) is 0 Å². The van der Waals surface area contributed by atoms with E-state index in [1.807, 2.05) is 30.3 Å². The van der Waals surface area contributed by atoms with Crippen LogP contribution in [0, 0.1) is 0 Å². The number of hydrogen-bond donors (Lipinski definition) is 1. The van der Waals surface area contributed by atoms with Crippen molar-refractivity contribution in [3.05, 3.63) is 42.0 Å². The minimum absolute atomic E-state index is 0.331. The van der Waals surface area contributed by atoms with Crippen molar-refractivity contribution in [3.63, 3.8) is 0 Å². The summed E-state index contributed by atoms with van der Waals surface area (Å²) in [5.41, 5.74) is 0.528. The molecule has 1 N–H and O–H groups in total. The fourth-order valence-corrected chi connectivity index (χ4v) is 3.45. The number of unbranched alkanes of at least 4 members (excludes halogenated alkanes) is 9. The third-order valence-electron chi connectivity index (χ3n) is 5.01. The minimum Gasteiger partial charge on any atom is -0.486 e. The van der Waals surface area contributed by atoms with Crippen molar-refractivity contribution in [2.75, 3.05) is 0 Å². The number of rotatable bonds is 14. The van der Waals surface area contributed by atoms with Crippen LogP contribution in [0.4, 0.5) is 0 Å². The molecule has 27 heavy (non-hydrogen) atoms. The zero-order valence-electron chi connectivity index (χ0n) is 16.6. The highest BCUT2D eigenvalue weighted by Crippen LogP contribution is 2.26. The van der Waals surface area contributed by atoms with Gasteiger partial charge < -0.3 is 14.6 Å². The molecule has 2 rings (SSSR count). The van der Waals surface area contributed by atoms with Crippen LogP contribution in [0.2, 0.25) is 0 Å². The number of para-hydroxylation sites is 1. The Morgan fingerprint density at radius 2 is 1.56 bits per heavy atom.